The fourth-order valence-electron chi connectivity index (χ4n) is 1.49. The van der Waals surface area contributed by atoms with Crippen molar-refractivity contribution in [3.8, 4) is 0 Å². The van der Waals surface area contributed by atoms with Crippen molar-refractivity contribution in [3.63, 3.8) is 0 Å². The third-order valence-corrected chi connectivity index (χ3v) is 2.34. The molecule has 1 saturated heterocycles. The summed E-state index contributed by atoms with van der Waals surface area (Å²) in [7, 11) is 0. The maximum absolute atomic E-state index is 11.5. The fourth-order valence-corrected chi connectivity index (χ4v) is 1.49. The molecule has 0 bridgehead atoms. The molecule has 1 amide bonds. The zero-order chi connectivity index (χ0) is 10.8. The Morgan fingerprint density at radius 1 is 1.64 bits per heavy atom. The molecule has 0 spiro atoms. The average molecular weight is 201 g/mol. The number of aliphatic hydroxyl groups is 1. The maximum atomic E-state index is 11.5. The number of likely N-dealkylation sites (tertiary alicyclic amines) is 1. The molecule has 0 aromatic carbocycles. The van der Waals surface area contributed by atoms with Gasteiger partial charge >= 0.3 is 0 Å². The molecule has 4 nitrogen and oxygen atoms in total. The highest BCUT2D eigenvalue weighted by atomic mass is 16.5. The fraction of sp³-hybridized carbons (Fsp3) is 0.900. The number of carbonyl (C=O) groups is 1. The molecule has 14 heavy (non-hydrogen) atoms. The highest BCUT2D eigenvalue weighted by Crippen LogP contribution is 2.20. The molecule has 82 valence electrons. The Bertz CT molecular complexity index is 213. The molecule has 4 heteroatoms. The predicted molar refractivity (Wildman–Crippen MR) is 52.9 cm³/mol. The van der Waals surface area contributed by atoms with Crippen molar-refractivity contribution in [2.45, 2.75) is 38.9 Å². The van der Waals surface area contributed by atoms with E-state index in [0.717, 1.165) is 0 Å². The number of rotatable bonds is 3. The van der Waals surface area contributed by atoms with Gasteiger partial charge in [0.1, 0.15) is 6.61 Å². The van der Waals surface area contributed by atoms with Gasteiger partial charge in [0.15, 0.2) is 0 Å². The summed E-state index contributed by atoms with van der Waals surface area (Å²) in [5.41, 5.74) is -0.715. The molecule has 1 atom stereocenters. The molecule has 1 heterocycles. The van der Waals surface area contributed by atoms with Crippen LogP contribution in [0.5, 0.6) is 0 Å². The minimum absolute atomic E-state index is 0.0310. The number of carbonyl (C=O) groups excluding carboxylic acids is 1. The summed E-state index contributed by atoms with van der Waals surface area (Å²) in [6.07, 6.45) is 0.725. The van der Waals surface area contributed by atoms with E-state index in [9.17, 15) is 9.90 Å². The Hall–Kier alpha value is -0.610. The van der Waals surface area contributed by atoms with E-state index in [4.69, 9.17) is 4.74 Å². The molecule has 1 unspecified atom stereocenters. The standard InChI is InChI=1S/C10H19NO3/c1-8(2)14-6-9(12)11-5-4-10(3,13)7-11/h8,13H,4-7H2,1-3H3. The quantitative estimate of drug-likeness (QED) is 0.719. The van der Waals surface area contributed by atoms with E-state index >= 15 is 0 Å². The van der Waals surface area contributed by atoms with Gasteiger partial charge in [-0.2, -0.15) is 0 Å². The maximum Gasteiger partial charge on any atom is 0.248 e. The van der Waals surface area contributed by atoms with Crippen molar-refractivity contribution in [2.24, 2.45) is 0 Å². The number of amides is 1. The molecule has 1 fully saturated rings. The van der Waals surface area contributed by atoms with Gasteiger partial charge in [-0.15, -0.1) is 0 Å². The lowest BCUT2D eigenvalue weighted by molar-refractivity contribution is -0.137. The second-order valence-electron chi connectivity index (χ2n) is 4.42. The second kappa shape index (κ2) is 4.28. The van der Waals surface area contributed by atoms with E-state index in [1.165, 1.54) is 0 Å². The molecule has 0 saturated carbocycles. The first-order valence-electron chi connectivity index (χ1n) is 5.02. The number of ether oxygens (including phenoxy) is 1. The summed E-state index contributed by atoms with van der Waals surface area (Å²) >= 11 is 0. The Morgan fingerprint density at radius 3 is 2.71 bits per heavy atom. The van der Waals surface area contributed by atoms with Crippen molar-refractivity contribution in [1.82, 2.24) is 4.90 Å². The summed E-state index contributed by atoms with van der Waals surface area (Å²) in [5, 5.41) is 9.66. The average Bonchev–Trinajstić information content (AvgIpc) is 2.41. The largest absolute Gasteiger partial charge is 0.388 e. The van der Waals surface area contributed by atoms with Crippen LogP contribution in [-0.4, -0.2) is 47.3 Å². The van der Waals surface area contributed by atoms with Gasteiger partial charge in [-0.1, -0.05) is 0 Å². The normalized spacial score (nSPS) is 27.4. The van der Waals surface area contributed by atoms with E-state index in [0.29, 0.717) is 19.5 Å². The zero-order valence-electron chi connectivity index (χ0n) is 9.12. The minimum atomic E-state index is -0.715. The SMILES string of the molecule is CC(C)OCC(=O)N1CCC(C)(O)C1. The Labute approximate surface area is 84.8 Å². The molecule has 0 aromatic rings. The van der Waals surface area contributed by atoms with Gasteiger partial charge in [-0.05, 0) is 27.2 Å². The van der Waals surface area contributed by atoms with Crippen LogP contribution in [0.4, 0.5) is 0 Å². The number of hydrogen-bond donors (Lipinski definition) is 1. The summed E-state index contributed by atoms with van der Waals surface area (Å²) in [6.45, 7) is 6.72. The summed E-state index contributed by atoms with van der Waals surface area (Å²) < 4.78 is 5.21. The molecule has 1 aliphatic heterocycles. The van der Waals surface area contributed by atoms with Crippen LogP contribution in [0.25, 0.3) is 0 Å². The molecule has 0 radical (unpaired) electrons. The van der Waals surface area contributed by atoms with Crippen LogP contribution >= 0.6 is 0 Å². The number of hydrogen-bond acceptors (Lipinski definition) is 3. The van der Waals surface area contributed by atoms with Crippen LogP contribution in [0.2, 0.25) is 0 Å². The van der Waals surface area contributed by atoms with E-state index < -0.39 is 5.60 Å². The van der Waals surface area contributed by atoms with Gasteiger partial charge in [0.25, 0.3) is 0 Å². The van der Waals surface area contributed by atoms with Gasteiger partial charge in [0.2, 0.25) is 5.91 Å². The lowest BCUT2D eigenvalue weighted by Gasteiger charge is -2.19. The highest BCUT2D eigenvalue weighted by molar-refractivity contribution is 5.77. The Kier molecular flexibility index (Phi) is 3.50. The lowest BCUT2D eigenvalue weighted by Crippen LogP contribution is -2.36. The van der Waals surface area contributed by atoms with E-state index in [2.05, 4.69) is 0 Å². The highest BCUT2D eigenvalue weighted by Gasteiger charge is 2.33. The van der Waals surface area contributed by atoms with Crippen LogP contribution in [0.3, 0.4) is 0 Å². The van der Waals surface area contributed by atoms with Gasteiger partial charge in [-0.3, -0.25) is 4.79 Å². The lowest BCUT2D eigenvalue weighted by atomic mass is 10.1. The first-order chi connectivity index (χ1) is 6.41. The molecule has 0 aromatic heterocycles. The Morgan fingerprint density at radius 2 is 2.29 bits per heavy atom. The van der Waals surface area contributed by atoms with Crippen LogP contribution in [0.1, 0.15) is 27.2 Å². The first kappa shape index (κ1) is 11.5. The van der Waals surface area contributed by atoms with Crippen LogP contribution in [0.15, 0.2) is 0 Å². The third-order valence-electron chi connectivity index (χ3n) is 2.34. The smallest absolute Gasteiger partial charge is 0.248 e. The topological polar surface area (TPSA) is 49.8 Å². The molecular formula is C10H19NO3. The van der Waals surface area contributed by atoms with Gasteiger partial charge in [0, 0.05) is 13.1 Å². The van der Waals surface area contributed by atoms with Crippen LogP contribution in [-0.2, 0) is 9.53 Å². The van der Waals surface area contributed by atoms with Crippen LogP contribution in [0, 0.1) is 0 Å². The Balaban J connectivity index is 2.33. The molecule has 1 rings (SSSR count). The zero-order valence-corrected chi connectivity index (χ0v) is 9.12. The molecule has 1 aliphatic rings. The van der Waals surface area contributed by atoms with E-state index in [1.54, 1.807) is 11.8 Å². The molecule has 1 N–H and O–H groups in total. The van der Waals surface area contributed by atoms with Gasteiger partial charge < -0.3 is 14.7 Å². The minimum Gasteiger partial charge on any atom is -0.388 e. The van der Waals surface area contributed by atoms with Gasteiger partial charge in [0.05, 0.1) is 11.7 Å². The summed E-state index contributed by atoms with van der Waals surface area (Å²) in [6, 6.07) is 0. The van der Waals surface area contributed by atoms with Crippen molar-refractivity contribution in [1.29, 1.82) is 0 Å². The van der Waals surface area contributed by atoms with E-state index in [1.807, 2.05) is 13.8 Å². The monoisotopic (exact) mass is 201 g/mol. The first-order valence-corrected chi connectivity index (χ1v) is 5.02. The summed E-state index contributed by atoms with van der Waals surface area (Å²) in [4.78, 5) is 13.2. The van der Waals surface area contributed by atoms with Crippen LogP contribution < -0.4 is 0 Å². The van der Waals surface area contributed by atoms with Crippen molar-refractivity contribution >= 4 is 5.91 Å². The molecular weight excluding hydrogens is 182 g/mol. The van der Waals surface area contributed by atoms with Gasteiger partial charge in [-0.25, -0.2) is 0 Å². The summed E-state index contributed by atoms with van der Waals surface area (Å²) in [5.74, 6) is -0.0310. The third kappa shape index (κ3) is 3.27. The molecule has 0 aliphatic carbocycles. The van der Waals surface area contributed by atoms with Crippen molar-refractivity contribution < 1.29 is 14.6 Å². The second-order valence-corrected chi connectivity index (χ2v) is 4.42. The van der Waals surface area contributed by atoms with Crippen molar-refractivity contribution in [3.05, 3.63) is 0 Å². The predicted octanol–water partition coefficient (Wildman–Crippen LogP) is 0.395. The van der Waals surface area contributed by atoms with E-state index in [-0.39, 0.29) is 18.6 Å². The van der Waals surface area contributed by atoms with Crippen molar-refractivity contribution in [2.75, 3.05) is 19.7 Å². The number of β-amino-alcohol motifs (C(OH)–C–C–N with tert-alkyl or cyclic N) is 1. The number of nitrogens with zero attached hydrogens (tertiary/aromatic N) is 1.